The van der Waals surface area contributed by atoms with Crippen molar-refractivity contribution >= 4 is 11.8 Å². The minimum Gasteiger partial charge on any atom is -0.464 e. The lowest BCUT2D eigenvalue weighted by Gasteiger charge is -2.20. The van der Waals surface area contributed by atoms with E-state index in [9.17, 15) is 4.79 Å². The Kier molecular flexibility index (Phi) is 4.69. The van der Waals surface area contributed by atoms with Crippen LogP contribution in [-0.2, 0) is 4.74 Å². The molecule has 0 aliphatic carbocycles. The van der Waals surface area contributed by atoms with Gasteiger partial charge in [0.1, 0.15) is 5.82 Å². The number of methoxy groups -OCH3 is 1. The van der Waals surface area contributed by atoms with Gasteiger partial charge in [0.15, 0.2) is 5.69 Å². The molecule has 5 heteroatoms. The summed E-state index contributed by atoms with van der Waals surface area (Å²) < 4.78 is 4.60. The summed E-state index contributed by atoms with van der Waals surface area (Å²) in [5.74, 6) is 0.258. The molecule has 0 fully saturated rings. The number of hydrogen-bond donors (Lipinski definition) is 0. The van der Waals surface area contributed by atoms with Crippen LogP contribution in [0.3, 0.4) is 0 Å². The van der Waals surface area contributed by atoms with E-state index in [1.807, 2.05) is 6.92 Å². The monoisotopic (exact) mass is 223 g/mol. The molecule has 0 atom stereocenters. The molecule has 0 bridgehead atoms. The van der Waals surface area contributed by atoms with Crippen LogP contribution in [0.15, 0.2) is 12.4 Å². The van der Waals surface area contributed by atoms with Crippen LogP contribution in [-0.4, -0.2) is 36.1 Å². The van der Waals surface area contributed by atoms with E-state index in [4.69, 9.17) is 0 Å². The average Bonchev–Trinajstić information content (AvgIpc) is 2.35. The number of carbonyl (C=O) groups excluding carboxylic acids is 1. The second kappa shape index (κ2) is 6.05. The first-order valence-corrected chi connectivity index (χ1v) is 5.38. The third-order valence-corrected chi connectivity index (χ3v) is 2.22. The lowest BCUT2D eigenvalue weighted by molar-refractivity contribution is 0.0593. The van der Waals surface area contributed by atoms with Crippen molar-refractivity contribution in [2.24, 2.45) is 0 Å². The topological polar surface area (TPSA) is 55.3 Å². The maximum absolute atomic E-state index is 11.3. The largest absolute Gasteiger partial charge is 0.464 e. The number of esters is 1. The van der Waals surface area contributed by atoms with E-state index >= 15 is 0 Å². The van der Waals surface area contributed by atoms with Gasteiger partial charge in [-0.25, -0.2) is 9.78 Å². The Morgan fingerprint density at radius 2 is 2.19 bits per heavy atom. The first-order chi connectivity index (χ1) is 7.72. The molecule has 0 saturated heterocycles. The molecular weight excluding hydrogens is 206 g/mol. The van der Waals surface area contributed by atoms with Crippen LogP contribution in [0.1, 0.15) is 30.8 Å². The molecule has 1 aromatic heterocycles. The summed E-state index contributed by atoms with van der Waals surface area (Å²) in [6, 6.07) is 0. The Bertz CT molecular complexity index is 355. The van der Waals surface area contributed by atoms with Crippen LogP contribution in [0.25, 0.3) is 0 Å². The number of nitrogens with zero attached hydrogens (tertiary/aromatic N) is 3. The molecule has 0 aliphatic rings. The maximum Gasteiger partial charge on any atom is 0.358 e. The van der Waals surface area contributed by atoms with Gasteiger partial charge in [0.2, 0.25) is 0 Å². The van der Waals surface area contributed by atoms with Gasteiger partial charge in [-0.3, -0.25) is 4.98 Å². The van der Waals surface area contributed by atoms with E-state index in [1.54, 1.807) is 6.20 Å². The molecule has 0 unspecified atom stereocenters. The molecule has 0 saturated carbocycles. The first-order valence-electron chi connectivity index (χ1n) is 5.38. The molecule has 0 amide bonds. The van der Waals surface area contributed by atoms with E-state index in [0.29, 0.717) is 5.82 Å². The quantitative estimate of drug-likeness (QED) is 0.708. The Morgan fingerprint density at radius 3 is 2.75 bits per heavy atom. The van der Waals surface area contributed by atoms with Crippen molar-refractivity contribution in [3.05, 3.63) is 18.1 Å². The summed E-state index contributed by atoms with van der Waals surface area (Å²) in [4.78, 5) is 21.6. The molecule has 1 heterocycles. The lowest BCUT2D eigenvalue weighted by Crippen LogP contribution is -2.25. The summed E-state index contributed by atoms with van der Waals surface area (Å²) in [5.41, 5.74) is 0.245. The number of anilines is 1. The molecular formula is C11H17N3O2. The molecule has 0 aliphatic heterocycles. The first kappa shape index (κ1) is 12.4. The number of rotatable bonds is 5. The van der Waals surface area contributed by atoms with E-state index in [2.05, 4.69) is 26.5 Å². The van der Waals surface area contributed by atoms with Crippen LogP contribution in [0, 0.1) is 0 Å². The van der Waals surface area contributed by atoms with Crippen LogP contribution in [0.2, 0.25) is 0 Å². The van der Waals surface area contributed by atoms with Crippen molar-refractivity contribution in [1.29, 1.82) is 0 Å². The van der Waals surface area contributed by atoms with Gasteiger partial charge in [0, 0.05) is 13.1 Å². The minimum atomic E-state index is -0.457. The predicted octanol–water partition coefficient (Wildman–Crippen LogP) is 1.50. The fraction of sp³-hybridized carbons (Fsp3) is 0.545. The van der Waals surface area contributed by atoms with Crippen molar-refractivity contribution in [2.75, 3.05) is 25.1 Å². The van der Waals surface area contributed by atoms with E-state index < -0.39 is 5.97 Å². The highest BCUT2D eigenvalue weighted by Gasteiger charge is 2.11. The standard InChI is InChI=1S/C11H17N3O2/c1-4-6-14(5-2)10-8-12-7-9(13-10)11(15)16-3/h7-8H,4-6H2,1-3H3. The summed E-state index contributed by atoms with van der Waals surface area (Å²) in [6.07, 6.45) is 4.10. The summed E-state index contributed by atoms with van der Waals surface area (Å²) >= 11 is 0. The summed E-state index contributed by atoms with van der Waals surface area (Å²) in [5, 5.41) is 0. The molecule has 0 aromatic carbocycles. The van der Waals surface area contributed by atoms with Crippen molar-refractivity contribution in [3.8, 4) is 0 Å². The van der Waals surface area contributed by atoms with Crippen LogP contribution in [0.4, 0.5) is 5.82 Å². The van der Waals surface area contributed by atoms with Crippen LogP contribution >= 0.6 is 0 Å². The second-order valence-corrected chi connectivity index (χ2v) is 3.33. The summed E-state index contributed by atoms with van der Waals surface area (Å²) in [6.45, 7) is 5.88. The Balaban J connectivity index is 2.92. The van der Waals surface area contributed by atoms with Crippen LogP contribution in [0.5, 0.6) is 0 Å². The smallest absolute Gasteiger partial charge is 0.358 e. The molecule has 0 spiro atoms. The molecule has 0 radical (unpaired) electrons. The molecule has 5 nitrogen and oxygen atoms in total. The highest BCUT2D eigenvalue weighted by Crippen LogP contribution is 2.10. The molecule has 1 rings (SSSR count). The normalized spacial score (nSPS) is 9.94. The number of carbonyl (C=O) groups is 1. The Labute approximate surface area is 95.5 Å². The molecule has 0 N–H and O–H groups in total. The van der Waals surface area contributed by atoms with Gasteiger partial charge in [0.05, 0.1) is 19.5 Å². The highest BCUT2D eigenvalue weighted by atomic mass is 16.5. The third-order valence-electron chi connectivity index (χ3n) is 2.22. The SMILES string of the molecule is CCCN(CC)c1cncc(C(=O)OC)n1. The second-order valence-electron chi connectivity index (χ2n) is 3.33. The number of aromatic nitrogens is 2. The predicted molar refractivity (Wildman–Crippen MR) is 61.5 cm³/mol. The third kappa shape index (κ3) is 2.92. The molecule has 1 aromatic rings. The lowest BCUT2D eigenvalue weighted by atomic mass is 10.4. The average molecular weight is 223 g/mol. The minimum absolute atomic E-state index is 0.245. The zero-order chi connectivity index (χ0) is 12.0. The van der Waals surface area contributed by atoms with E-state index in [0.717, 1.165) is 19.5 Å². The zero-order valence-corrected chi connectivity index (χ0v) is 9.93. The molecule has 16 heavy (non-hydrogen) atoms. The van der Waals surface area contributed by atoms with Gasteiger partial charge >= 0.3 is 5.97 Å². The van der Waals surface area contributed by atoms with Gasteiger partial charge in [-0.15, -0.1) is 0 Å². The fourth-order valence-corrected chi connectivity index (χ4v) is 1.42. The number of ether oxygens (including phenoxy) is 1. The van der Waals surface area contributed by atoms with E-state index in [-0.39, 0.29) is 5.69 Å². The van der Waals surface area contributed by atoms with Crippen molar-refractivity contribution < 1.29 is 9.53 Å². The van der Waals surface area contributed by atoms with Crippen molar-refractivity contribution in [3.63, 3.8) is 0 Å². The van der Waals surface area contributed by atoms with Gasteiger partial charge in [0.25, 0.3) is 0 Å². The summed E-state index contributed by atoms with van der Waals surface area (Å²) in [7, 11) is 1.33. The molecule has 88 valence electrons. The van der Waals surface area contributed by atoms with Gasteiger partial charge in [-0.2, -0.15) is 0 Å². The highest BCUT2D eigenvalue weighted by molar-refractivity contribution is 5.87. The van der Waals surface area contributed by atoms with Crippen LogP contribution < -0.4 is 4.90 Å². The van der Waals surface area contributed by atoms with Crippen molar-refractivity contribution in [2.45, 2.75) is 20.3 Å². The van der Waals surface area contributed by atoms with Gasteiger partial charge in [-0.1, -0.05) is 6.92 Å². The van der Waals surface area contributed by atoms with Gasteiger partial charge in [-0.05, 0) is 13.3 Å². The Morgan fingerprint density at radius 1 is 1.44 bits per heavy atom. The number of hydrogen-bond acceptors (Lipinski definition) is 5. The zero-order valence-electron chi connectivity index (χ0n) is 9.93. The Hall–Kier alpha value is -1.65. The van der Waals surface area contributed by atoms with E-state index in [1.165, 1.54) is 13.3 Å². The van der Waals surface area contributed by atoms with Gasteiger partial charge < -0.3 is 9.64 Å². The van der Waals surface area contributed by atoms with Crippen molar-refractivity contribution in [1.82, 2.24) is 9.97 Å². The fourth-order valence-electron chi connectivity index (χ4n) is 1.42. The maximum atomic E-state index is 11.3.